The summed E-state index contributed by atoms with van der Waals surface area (Å²) in [6.07, 6.45) is 7.62. The summed E-state index contributed by atoms with van der Waals surface area (Å²) in [6.45, 7) is 3.16. The molecule has 42 valence electrons. The summed E-state index contributed by atoms with van der Waals surface area (Å²) in [5.74, 6) is 0. The van der Waals surface area contributed by atoms with Gasteiger partial charge in [0, 0.05) is 0 Å². The Balaban J connectivity index is 2.27. The summed E-state index contributed by atoms with van der Waals surface area (Å²) in [5.41, 5.74) is 0. The Morgan fingerprint density at radius 1 is 1.75 bits per heavy atom. The Hall–Kier alpha value is -0.880. The van der Waals surface area contributed by atoms with Gasteiger partial charge in [0.05, 0.1) is 6.54 Å². The highest BCUT2D eigenvalue weighted by Gasteiger charge is 2.06. The van der Waals surface area contributed by atoms with Gasteiger partial charge in [-0.3, -0.25) is 0 Å². The Kier molecular flexibility index (Phi) is 1.60. The van der Waals surface area contributed by atoms with Gasteiger partial charge in [0.25, 0.3) is 6.34 Å². The number of hydrogen-bond acceptors (Lipinski definition) is 2. The van der Waals surface area contributed by atoms with E-state index in [0.29, 0.717) is 0 Å². The molecule has 2 heteroatoms. The molecule has 0 spiro atoms. The van der Waals surface area contributed by atoms with Gasteiger partial charge in [-0.05, 0) is 11.4 Å². The van der Waals surface area contributed by atoms with Crippen LogP contribution in [0.4, 0.5) is 0 Å². The predicted molar refractivity (Wildman–Crippen MR) is 33.6 cm³/mol. The van der Waals surface area contributed by atoms with Crippen molar-refractivity contribution in [3.63, 3.8) is 0 Å². The number of rotatable bonds is 2. The molecule has 1 aliphatic heterocycles. The number of aliphatic imine (C=N–C) groups is 1. The van der Waals surface area contributed by atoms with Crippen molar-refractivity contribution < 1.29 is 0 Å². The average molecular weight is 109 g/mol. The van der Waals surface area contributed by atoms with E-state index in [0.717, 1.165) is 13.0 Å². The minimum absolute atomic E-state index is 1.03. The lowest BCUT2D eigenvalue weighted by Crippen LogP contribution is -2.12. The van der Waals surface area contributed by atoms with Gasteiger partial charge in [-0.1, -0.05) is 6.92 Å². The third-order valence-electron chi connectivity index (χ3n) is 0.972. The zero-order chi connectivity index (χ0) is 5.82. The second-order valence-electron chi connectivity index (χ2n) is 1.72. The molecule has 0 saturated heterocycles. The molecule has 8 heavy (non-hydrogen) atoms. The normalized spacial score (nSPS) is 14.9. The lowest BCUT2D eigenvalue weighted by atomic mass is 10.5. The van der Waals surface area contributed by atoms with E-state index in [1.165, 1.54) is 0 Å². The fraction of sp³-hybridized carbons (Fsp3) is 0.500. The van der Waals surface area contributed by atoms with E-state index < -0.39 is 0 Å². The Bertz CT molecular complexity index is 104. The monoisotopic (exact) mass is 109 g/mol. The minimum Gasteiger partial charge on any atom is -0.173 e. The second kappa shape index (κ2) is 2.43. The molecule has 0 aromatic carbocycles. The fourth-order valence-corrected chi connectivity index (χ4v) is 0.620. The molecule has 0 aromatic heterocycles. The molecule has 0 unspecified atom stereocenters. The van der Waals surface area contributed by atoms with Crippen LogP contribution in [0.2, 0.25) is 0 Å². The summed E-state index contributed by atoms with van der Waals surface area (Å²) in [4.78, 5) is 5.72. The third-order valence-corrected chi connectivity index (χ3v) is 0.972. The van der Waals surface area contributed by atoms with E-state index >= 15 is 0 Å². The van der Waals surface area contributed by atoms with Crippen molar-refractivity contribution in [2.75, 3.05) is 6.54 Å². The van der Waals surface area contributed by atoms with Crippen LogP contribution in [0.15, 0.2) is 17.4 Å². The van der Waals surface area contributed by atoms with Gasteiger partial charge < -0.3 is 0 Å². The van der Waals surface area contributed by atoms with Crippen molar-refractivity contribution in [1.82, 2.24) is 4.90 Å². The molecule has 1 aliphatic rings. The molecule has 1 rings (SSSR count). The molecule has 0 aromatic rings. The van der Waals surface area contributed by atoms with Gasteiger partial charge in [0.1, 0.15) is 0 Å². The summed E-state index contributed by atoms with van der Waals surface area (Å²) in [6, 6.07) is 0. The molecule has 0 atom stereocenters. The van der Waals surface area contributed by atoms with E-state index in [1.54, 1.807) is 6.20 Å². The van der Waals surface area contributed by atoms with Gasteiger partial charge in [-0.15, -0.1) is 0 Å². The highest BCUT2D eigenvalue weighted by molar-refractivity contribution is 5.59. The van der Waals surface area contributed by atoms with Crippen molar-refractivity contribution in [2.45, 2.75) is 13.3 Å². The van der Waals surface area contributed by atoms with Crippen LogP contribution in [0.25, 0.3) is 0 Å². The van der Waals surface area contributed by atoms with Crippen LogP contribution in [-0.4, -0.2) is 17.8 Å². The Morgan fingerprint density at radius 2 is 2.62 bits per heavy atom. The molecular weight excluding hydrogens is 100 g/mol. The van der Waals surface area contributed by atoms with Crippen molar-refractivity contribution >= 4 is 6.34 Å². The number of hydrogen-bond donors (Lipinski definition) is 0. The lowest BCUT2D eigenvalue weighted by Gasteiger charge is -1.95. The van der Waals surface area contributed by atoms with Crippen molar-refractivity contribution in [3.05, 3.63) is 12.4 Å². The van der Waals surface area contributed by atoms with Crippen molar-refractivity contribution in [3.8, 4) is 0 Å². The Labute approximate surface area is 49.5 Å². The highest BCUT2D eigenvalue weighted by Crippen LogP contribution is 1.94. The van der Waals surface area contributed by atoms with E-state index in [9.17, 15) is 0 Å². The number of nitrogens with zero attached hydrogens (tertiary/aromatic N) is 2. The Morgan fingerprint density at radius 3 is 3.12 bits per heavy atom. The molecule has 0 bridgehead atoms. The summed E-state index contributed by atoms with van der Waals surface area (Å²) in [7, 11) is 0. The van der Waals surface area contributed by atoms with Gasteiger partial charge >= 0.3 is 0 Å². The van der Waals surface area contributed by atoms with E-state index in [4.69, 9.17) is 0 Å². The lowest BCUT2D eigenvalue weighted by molar-refractivity contribution is 0.572. The van der Waals surface area contributed by atoms with E-state index in [1.807, 2.05) is 11.1 Å². The van der Waals surface area contributed by atoms with Crippen molar-refractivity contribution in [1.29, 1.82) is 0 Å². The quantitative estimate of drug-likeness (QED) is 0.484. The maximum Gasteiger partial charge on any atom is 0.255 e. The second-order valence-corrected chi connectivity index (χ2v) is 1.72. The molecule has 0 amide bonds. The smallest absolute Gasteiger partial charge is 0.173 e. The zero-order valence-electron chi connectivity index (χ0n) is 4.96. The largest absolute Gasteiger partial charge is 0.255 e. The molecular formula is C6H9N2+. The van der Waals surface area contributed by atoms with Crippen LogP contribution in [-0.2, 0) is 0 Å². The minimum atomic E-state index is 1.03. The first-order chi connectivity index (χ1) is 3.93. The average Bonchev–Trinajstić information content (AvgIpc) is 2.19. The molecule has 0 saturated carbocycles. The summed E-state index contributed by atoms with van der Waals surface area (Å²) < 4.78 is 0. The first kappa shape index (κ1) is 5.26. The molecule has 2 nitrogen and oxygen atoms in total. The van der Waals surface area contributed by atoms with E-state index in [2.05, 4.69) is 18.3 Å². The van der Waals surface area contributed by atoms with Crippen LogP contribution in [0.5, 0.6) is 0 Å². The van der Waals surface area contributed by atoms with Gasteiger partial charge in [0.2, 0.25) is 6.20 Å². The van der Waals surface area contributed by atoms with Crippen LogP contribution >= 0.6 is 0 Å². The maximum absolute atomic E-state index is 3.78. The van der Waals surface area contributed by atoms with Gasteiger partial charge in [0.15, 0.2) is 6.20 Å². The molecule has 0 aliphatic carbocycles. The summed E-state index contributed by atoms with van der Waals surface area (Å²) in [5, 5.41) is 0. The zero-order valence-corrected chi connectivity index (χ0v) is 4.96. The standard InChI is InChI=1S/C6H9N2/c1-2-4-8-5-3-7-6-8/h3,5H,2,4H2,1H3/q+1. The van der Waals surface area contributed by atoms with Crippen molar-refractivity contribution in [2.24, 2.45) is 4.99 Å². The highest BCUT2D eigenvalue weighted by atomic mass is 15.2. The van der Waals surface area contributed by atoms with Gasteiger partial charge in [-0.25, -0.2) is 0 Å². The first-order valence-corrected chi connectivity index (χ1v) is 2.82. The first-order valence-electron chi connectivity index (χ1n) is 2.82. The SMILES string of the molecule is CCCN1[C+]=NC=C1. The summed E-state index contributed by atoms with van der Waals surface area (Å²) >= 11 is 0. The molecule has 0 N–H and O–H groups in total. The van der Waals surface area contributed by atoms with Gasteiger partial charge in [-0.2, -0.15) is 4.90 Å². The van der Waals surface area contributed by atoms with Crippen LogP contribution in [0.1, 0.15) is 13.3 Å². The van der Waals surface area contributed by atoms with E-state index in [-0.39, 0.29) is 0 Å². The molecule has 1 heterocycles. The molecule has 0 radical (unpaired) electrons. The van der Waals surface area contributed by atoms with Crippen LogP contribution < -0.4 is 0 Å². The predicted octanol–water partition coefficient (Wildman–Crippen LogP) is 1.09. The topological polar surface area (TPSA) is 15.6 Å². The third kappa shape index (κ3) is 1.04. The maximum atomic E-state index is 3.78. The van der Waals surface area contributed by atoms with Crippen LogP contribution in [0, 0.1) is 0 Å². The fourth-order valence-electron chi connectivity index (χ4n) is 0.620. The van der Waals surface area contributed by atoms with Crippen LogP contribution in [0.3, 0.4) is 0 Å². The molecule has 0 fully saturated rings.